The fourth-order valence-electron chi connectivity index (χ4n) is 1.58. The second-order valence-corrected chi connectivity index (χ2v) is 3.78. The fraction of sp³-hybridized carbons (Fsp3) is 0.0769. The Hall–Kier alpha value is -2.43. The van der Waals surface area contributed by atoms with Gasteiger partial charge in [0.05, 0.1) is 11.4 Å². The molecule has 0 aliphatic heterocycles. The predicted octanol–water partition coefficient (Wildman–Crippen LogP) is 2.42. The van der Waals surface area contributed by atoms with Crippen LogP contribution in [-0.4, -0.2) is 20.9 Å². The largest absolute Gasteiger partial charge is 0.478 e. The fourth-order valence-corrected chi connectivity index (χ4v) is 1.58. The lowest BCUT2D eigenvalue weighted by molar-refractivity contribution is -0.131. The molecule has 0 aliphatic carbocycles. The third-order valence-electron chi connectivity index (χ3n) is 2.36. The van der Waals surface area contributed by atoms with Gasteiger partial charge in [-0.05, 0) is 37.3 Å². The number of halogens is 1. The minimum absolute atomic E-state index is 0.423. The van der Waals surface area contributed by atoms with Gasteiger partial charge in [-0.1, -0.05) is 0 Å². The van der Waals surface area contributed by atoms with Crippen molar-refractivity contribution >= 4 is 12.0 Å². The SMILES string of the molecule is Cc1ccn(-c2ccc(F)cc2C=CC(=O)O)n1. The van der Waals surface area contributed by atoms with Crippen molar-refractivity contribution in [1.82, 2.24) is 9.78 Å². The van der Waals surface area contributed by atoms with Gasteiger partial charge in [0.1, 0.15) is 5.82 Å². The summed E-state index contributed by atoms with van der Waals surface area (Å²) in [6.07, 6.45) is 4.05. The smallest absolute Gasteiger partial charge is 0.328 e. The minimum Gasteiger partial charge on any atom is -0.478 e. The number of nitrogens with zero attached hydrogens (tertiary/aromatic N) is 2. The lowest BCUT2D eigenvalue weighted by Gasteiger charge is -2.06. The van der Waals surface area contributed by atoms with Gasteiger partial charge in [0.2, 0.25) is 0 Å². The maximum Gasteiger partial charge on any atom is 0.328 e. The van der Waals surface area contributed by atoms with Crippen molar-refractivity contribution in [2.75, 3.05) is 0 Å². The number of carbonyl (C=O) groups is 1. The second kappa shape index (κ2) is 4.83. The monoisotopic (exact) mass is 246 g/mol. The summed E-state index contributed by atoms with van der Waals surface area (Å²) in [7, 11) is 0. The van der Waals surface area contributed by atoms with E-state index >= 15 is 0 Å². The Bertz CT molecular complexity index is 617. The standard InChI is InChI=1S/C13H11FN2O2/c1-9-6-7-16(15-9)12-4-3-11(14)8-10(12)2-5-13(17)18/h2-8H,1H3,(H,17,18). The summed E-state index contributed by atoms with van der Waals surface area (Å²) in [6.45, 7) is 1.84. The van der Waals surface area contributed by atoms with Crippen LogP contribution in [0.25, 0.3) is 11.8 Å². The number of carboxylic acids is 1. The molecule has 1 N–H and O–H groups in total. The Morgan fingerprint density at radius 2 is 2.22 bits per heavy atom. The summed E-state index contributed by atoms with van der Waals surface area (Å²) in [5, 5.41) is 12.8. The molecule has 0 saturated heterocycles. The maximum absolute atomic E-state index is 13.2. The van der Waals surface area contributed by atoms with Crippen LogP contribution < -0.4 is 0 Å². The average Bonchev–Trinajstić information content (AvgIpc) is 2.73. The molecule has 0 unspecified atom stereocenters. The first-order chi connectivity index (χ1) is 8.56. The average molecular weight is 246 g/mol. The van der Waals surface area contributed by atoms with E-state index in [2.05, 4.69) is 5.10 Å². The van der Waals surface area contributed by atoms with E-state index in [1.54, 1.807) is 16.9 Å². The van der Waals surface area contributed by atoms with Crippen LogP contribution in [0.15, 0.2) is 36.5 Å². The van der Waals surface area contributed by atoms with E-state index in [4.69, 9.17) is 5.11 Å². The molecule has 0 saturated carbocycles. The van der Waals surface area contributed by atoms with Gasteiger partial charge in [0.25, 0.3) is 0 Å². The molecule has 92 valence electrons. The van der Waals surface area contributed by atoms with Gasteiger partial charge in [-0.2, -0.15) is 5.10 Å². The summed E-state index contributed by atoms with van der Waals surface area (Å²) in [5.74, 6) is -1.51. The molecule has 1 heterocycles. The number of carboxylic acid groups (broad SMARTS) is 1. The Balaban J connectivity index is 2.50. The van der Waals surface area contributed by atoms with Crippen molar-refractivity contribution in [2.45, 2.75) is 6.92 Å². The highest BCUT2D eigenvalue weighted by Gasteiger charge is 2.05. The molecule has 0 fully saturated rings. The summed E-state index contributed by atoms with van der Waals surface area (Å²) >= 11 is 0. The molecule has 0 aliphatic rings. The number of aryl methyl sites for hydroxylation is 1. The molecular weight excluding hydrogens is 235 g/mol. The second-order valence-electron chi connectivity index (χ2n) is 3.78. The van der Waals surface area contributed by atoms with Crippen molar-refractivity contribution in [3.8, 4) is 5.69 Å². The molecule has 5 heteroatoms. The van der Waals surface area contributed by atoms with Crippen LogP contribution in [0.3, 0.4) is 0 Å². The lowest BCUT2D eigenvalue weighted by Crippen LogP contribution is -1.99. The van der Waals surface area contributed by atoms with Crippen LogP contribution in [-0.2, 0) is 4.79 Å². The Morgan fingerprint density at radius 1 is 1.44 bits per heavy atom. The highest BCUT2D eigenvalue weighted by atomic mass is 19.1. The van der Waals surface area contributed by atoms with Gasteiger partial charge in [-0.15, -0.1) is 0 Å². The molecule has 0 spiro atoms. The molecule has 1 aromatic carbocycles. The minimum atomic E-state index is -1.08. The quantitative estimate of drug-likeness (QED) is 0.846. The Labute approximate surface area is 103 Å². The van der Waals surface area contributed by atoms with E-state index in [1.807, 2.05) is 13.0 Å². The van der Waals surface area contributed by atoms with Crippen molar-refractivity contribution in [1.29, 1.82) is 0 Å². The summed E-state index contributed by atoms with van der Waals surface area (Å²) in [6, 6.07) is 5.95. The van der Waals surface area contributed by atoms with E-state index in [-0.39, 0.29) is 0 Å². The molecule has 0 amide bonds. The molecule has 2 rings (SSSR count). The Kier molecular flexibility index (Phi) is 3.23. The Morgan fingerprint density at radius 3 is 2.83 bits per heavy atom. The molecule has 4 nitrogen and oxygen atoms in total. The van der Waals surface area contributed by atoms with E-state index in [1.165, 1.54) is 18.2 Å². The van der Waals surface area contributed by atoms with E-state index in [0.717, 1.165) is 11.8 Å². The van der Waals surface area contributed by atoms with Gasteiger partial charge in [0, 0.05) is 17.8 Å². The zero-order valence-electron chi connectivity index (χ0n) is 9.67. The zero-order valence-corrected chi connectivity index (χ0v) is 9.67. The molecule has 18 heavy (non-hydrogen) atoms. The predicted molar refractivity (Wildman–Crippen MR) is 64.9 cm³/mol. The number of benzene rings is 1. The van der Waals surface area contributed by atoms with Crippen LogP contribution in [0.1, 0.15) is 11.3 Å². The van der Waals surface area contributed by atoms with Crippen molar-refractivity contribution in [2.24, 2.45) is 0 Å². The van der Waals surface area contributed by atoms with Crippen LogP contribution in [0.4, 0.5) is 4.39 Å². The van der Waals surface area contributed by atoms with Gasteiger partial charge >= 0.3 is 5.97 Å². The number of rotatable bonds is 3. The molecule has 0 radical (unpaired) electrons. The highest BCUT2D eigenvalue weighted by molar-refractivity contribution is 5.86. The number of aliphatic carboxylic acids is 1. The summed E-state index contributed by atoms with van der Waals surface area (Å²) in [5.41, 5.74) is 1.91. The van der Waals surface area contributed by atoms with Crippen LogP contribution in [0.5, 0.6) is 0 Å². The van der Waals surface area contributed by atoms with E-state index in [0.29, 0.717) is 11.3 Å². The molecule has 1 aromatic heterocycles. The van der Waals surface area contributed by atoms with Crippen molar-refractivity contribution in [3.05, 3.63) is 53.6 Å². The molecule has 0 bridgehead atoms. The number of hydrogen-bond donors (Lipinski definition) is 1. The van der Waals surface area contributed by atoms with Crippen molar-refractivity contribution in [3.63, 3.8) is 0 Å². The topological polar surface area (TPSA) is 55.1 Å². The normalized spacial score (nSPS) is 11.0. The molecule has 0 atom stereocenters. The first-order valence-electron chi connectivity index (χ1n) is 5.29. The zero-order chi connectivity index (χ0) is 13.1. The van der Waals surface area contributed by atoms with Crippen LogP contribution in [0.2, 0.25) is 0 Å². The maximum atomic E-state index is 13.2. The third kappa shape index (κ3) is 2.63. The number of hydrogen-bond acceptors (Lipinski definition) is 2. The summed E-state index contributed by atoms with van der Waals surface area (Å²) in [4.78, 5) is 10.5. The first-order valence-corrected chi connectivity index (χ1v) is 5.29. The number of aromatic nitrogens is 2. The van der Waals surface area contributed by atoms with Gasteiger partial charge < -0.3 is 5.11 Å². The van der Waals surface area contributed by atoms with E-state index < -0.39 is 11.8 Å². The highest BCUT2D eigenvalue weighted by Crippen LogP contribution is 2.17. The molecular formula is C13H11FN2O2. The first kappa shape index (κ1) is 12.0. The van der Waals surface area contributed by atoms with Gasteiger partial charge in [0.15, 0.2) is 0 Å². The van der Waals surface area contributed by atoms with Crippen LogP contribution in [0, 0.1) is 12.7 Å². The van der Waals surface area contributed by atoms with Gasteiger partial charge in [-0.25, -0.2) is 13.9 Å². The van der Waals surface area contributed by atoms with Gasteiger partial charge in [-0.3, -0.25) is 0 Å². The summed E-state index contributed by atoms with van der Waals surface area (Å²) < 4.78 is 14.8. The van der Waals surface area contributed by atoms with E-state index in [9.17, 15) is 9.18 Å². The lowest BCUT2D eigenvalue weighted by atomic mass is 10.1. The van der Waals surface area contributed by atoms with Crippen molar-refractivity contribution < 1.29 is 14.3 Å². The third-order valence-corrected chi connectivity index (χ3v) is 2.36. The van der Waals surface area contributed by atoms with Crippen LogP contribution >= 0.6 is 0 Å². The molecule has 2 aromatic rings.